The van der Waals surface area contributed by atoms with E-state index < -0.39 is 0 Å². The number of benzene rings is 1. The van der Waals surface area contributed by atoms with Crippen LogP contribution < -0.4 is 10.6 Å². The average Bonchev–Trinajstić information content (AvgIpc) is 3.04. The van der Waals surface area contributed by atoms with Crippen LogP contribution >= 0.6 is 0 Å². The number of carbonyl (C=O) groups is 1. The number of urea groups is 1. The van der Waals surface area contributed by atoms with Gasteiger partial charge in [-0.2, -0.15) is 5.10 Å². The van der Waals surface area contributed by atoms with Crippen LogP contribution in [0.1, 0.15) is 18.4 Å². The first-order chi connectivity index (χ1) is 8.72. The lowest BCUT2D eigenvalue weighted by Crippen LogP contribution is -2.30. The van der Waals surface area contributed by atoms with Crippen molar-refractivity contribution in [2.24, 2.45) is 5.92 Å². The highest BCUT2D eigenvalue weighted by Crippen LogP contribution is 2.27. The molecule has 0 spiro atoms. The number of aromatic amines is 1. The fourth-order valence-electron chi connectivity index (χ4n) is 2.04. The molecule has 5 heteroatoms. The van der Waals surface area contributed by atoms with Gasteiger partial charge in [0.2, 0.25) is 0 Å². The fourth-order valence-corrected chi connectivity index (χ4v) is 2.04. The summed E-state index contributed by atoms with van der Waals surface area (Å²) < 4.78 is 0. The molecular formula is C13H16N4O. The second-order valence-corrected chi connectivity index (χ2v) is 4.90. The Morgan fingerprint density at radius 3 is 3.11 bits per heavy atom. The molecule has 1 aliphatic rings. The average molecular weight is 244 g/mol. The van der Waals surface area contributed by atoms with E-state index in [0.29, 0.717) is 5.92 Å². The maximum Gasteiger partial charge on any atom is 0.319 e. The second kappa shape index (κ2) is 4.33. The zero-order valence-electron chi connectivity index (χ0n) is 10.3. The molecule has 1 fully saturated rings. The van der Waals surface area contributed by atoms with E-state index >= 15 is 0 Å². The third-order valence-electron chi connectivity index (χ3n) is 3.27. The molecule has 0 atom stereocenters. The van der Waals surface area contributed by atoms with Crippen LogP contribution in [-0.2, 0) is 0 Å². The predicted molar refractivity (Wildman–Crippen MR) is 70.6 cm³/mol. The SMILES string of the molecule is Cc1cc(NC(=O)NCC2CC2)cc2[nH]ncc12. The predicted octanol–water partition coefficient (Wildman–Crippen LogP) is 2.40. The fraction of sp³-hybridized carbons (Fsp3) is 0.385. The van der Waals surface area contributed by atoms with Crippen molar-refractivity contribution in [1.29, 1.82) is 0 Å². The summed E-state index contributed by atoms with van der Waals surface area (Å²) in [5.74, 6) is 0.688. The van der Waals surface area contributed by atoms with Gasteiger partial charge in [0.15, 0.2) is 0 Å². The van der Waals surface area contributed by atoms with E-state index in [9.17, 15) is 4.79 Å². The number of hydrogen-bond donors (Lipinski definition) is 3. The smallest absolute Gasteiger partial charge is 0.319 e. The summed E-state index contributed by atoms with van der Waals surface area (Å²) in [6, 6.07) is 3.71. The number of rotatable bonds is 3. The van der Waals surface area contributed by atoms with E-state index in [1.165, 1.54) is 12.8 Å². The number of aromatic nitrogens is 2. The van der Waals surface area contributed by atoms with Crippen molar-refractivity contribution in [2.75, 3.05) is 11.9 Å². The quantitative estimate of drug-likeness (QED) is 0.776. The molecule has 94 valence electrons. The lowest BCUT2D eigenvalue weighted by atomic mass is 10.1. The molecule has 0 radical (unpaired) electrons. The van der Waals surface area contributed by atoms with Crippen molar-refractivity contribution in [2.45, 2.75) is 19.8 Å². The highest BCUT2D eigenvalue weighted by Gasteiger charge is 2.21. The van der Waals surface area contributed by atoms with Gasteiger partial charge < -0.3 is 10.6 Å². The summed E-state index contributed by atoms with van der Waals surface area (Å²) in [5, 5.41) is 13.7. The van der Waals surface area contributed by atoms with E-state index in [2.05, 4.69) is 20.8 Å². The summed E-state index contributed by atoms with van der Waals surface area (Å²) in [7, 11) is 0. The van der Waals surface area contributed by atoms with Gasteiger partial charge in [0.1, 0.15) is 0 Å². The minimum Gasteiger partial charge on any atom is -0.338 e. The van der Waals surface area contributed by atoms with Gasteiger partial charge >= 0.3 is 6.03 Å². The van der Waals surface area contributed by atoms with E-state index in [4.69, 9.17) is 0 Å². The van der Waals surface area contributed by atoms with Crippen LogP contribution in [0.4, 0.5) is 10.5 Å². The zero-order chi connectivity index (χ0) is 12.5. The van der Waals surface area contributed by atoms with Crippen molar-refractivity contribution in [3.05, 3.63) is 23.9 Å². The van der Waals surface area contributed by atoms with Crippen molar-refractivity contribution in [3.8, 4) is 0 Å². The molecule has 1 saturated carbocycles. The standard InChI is InChI=1S/C13H16N4O/c1-8-4-10(5-12-11(8)7-15-17-12)16-13(18)14-6-9-2-3-9/h4-5,7,9H,2-3,6H2,1H3,(H,15,17)(H2,14,16,18). The largest absolute Gasteiger partial charge is 0.338 e. The topological polar surface area (TPSA) is 69.8 Å². The van der Waals surface area contributed by atoms with Gasteiger partial charge in [0.05, 0.1) is 11.7 Å². The molecule has 2 aromatic rings. The number of carbonyl (C=O) groups excluding carboxylic acids is 1. The van der Waals surface area contributed by atoms with Gasteiger partial charge in [-0.3, -0.25) is 5.10 Å². The lowest BCUT2D eigenvalue weighted by Gasteiger charge is -2.08. The first-order valence-corrected chi connectivity index (χ1v) is 6.21. The van der Waals surface area contributed by atoms with E-state index in [-0.39, 0.29) is 6.03 Å². The number of H-pyrrole nitrogens is 1. The summed E-state index contributed by atoms with van der Waals surface area (Å²) in [4.78, 5) is 11.7. The molecule has 5 nitrogen and oxygen atoms in total. The van der Waals surface area contributed by atoms with Crippen LogP contribution in [0, 0.1) is 12.8 Å². The molecule has 2 amide bonds. The third-order valence-corrected chi connectivity index (χ3v) is 3.27. The minimum atomic E-state index is -0.139. The number of amides is 2. The second-order valence-electron chi connectivity index (χ2n) is 4.90. The summed E-state index contributed by atoms with van der Waals surface area (Å²) >= 11 is 0. The van der Waals surface area contributed by atoms with Crippen LogP contribution in [0.3, 0.4) is 0 Å². The molecule has 1 aromatic heterocycles. The van der Waals surface area contributed by atoms with Gasteiger partial charge in [-0.25, -0.2) is 4.79 Å². The molecule has 0 aliphatic heterocycles. The van der Waals surface area contributed by atoms with Crippen LogP contribution in [0.2, 0.25) is 0 Å². The first kappa shape index (κ1) is 11.1. The number of aryl methyl sites for hydroxylation is 1. The number of fused-ring (bicyclic) bond motifs is 1. The number of nitrogens with zero attached hydrogens (tertiary/aromatic N) is 1. The maximum atomic E-state index is 11.7. The van der Waals surface area contributed by atoms with Gasteiger partial charge in [0, 0.05) is 17.6 Å². The van der Waals surface area contributed by atoms with Gasteiger partial charge in [-0.15, -0.1) is 0 Å². The number of hydrogen-bond acceptors (Lipinski definition) is 2. The maximum absolute atomic E-state index is 11.7. The van der Waals surface area contributed by atoms with Gasteiger partial charge in [0.25, 0.3) is 0 Å². The normalized spacial score (nSPS) is 14.7. The number of anilines is 1. The Kier molecular flexibility index (Phi) is 2.66. The molecule has 1 heterocycles. The van der Waals surface area contributed by atoms with Crippen LogP contribution in [0.15, 0.2) is 18.3 Å². The first-order valence-electron chi connectivity index (χ1n) is 6.21. The molecule has 1 aromatic carbocycles. The lowest BCUT2D eigenvalue weighted by molar-refractivity contribution is 0.251. The molecular weight excluding hydrogens is 228 g/mol. The zero-order valence-corrected chi connectivity index (χ0v) is 10.3. The Balaban J connectivity index is 1.70. The minimum absolute atomic E-state index is 0.139. The van der Waals surface area contributed by atoms with Crippen LogP contribution in [0.25, 0.3) is 10.9 Å². The summed E-state index contributed by atoms with van der Waals surface area (Å²) in [6.45, 7) is 2.78. The molecule has 0 unspecified atom stereocenters. The number of nitrogens with one attached hydrogen (secondary N) is 3. The monoisotopic (exact) mass is 244 g/mol. The highest BCUT2D eigenvalue weighted by molar-refractivity contribution is 5.93. The Hall–Kier alpha value is -2.04. The van der Waals surface area contributed by atoms with Gasteiger partial charge in [-0.05, 0) is 43.4 Å². The van der Waals surface area contributed by atoms with Crippen molar-refractivity contribution in [1.82, 2.24) is 15.5 Å². The Morgan fingerprint density at radius 1 is 1.50 bits per heavy atom. The van der Waals surface area contributed by atoms with E-state index in [1.807, 2.05) is 19.1 Å². The van der Waals surface area contributed by atoms with Crippen molar-refractivity contribution in [3.63, 3.8) is 0 Å². The molecule has 0 saturated heterocycles. The molecule has 18 heavy (non-hydrogen) atoms. The van der Waals surface area contributed by atoms with Crippen LogP contribution in [0.5, 0.6) is 0 Å². The molecule has 1 aliphatic carbocycles. The molecule has 0 bridgehead atoms. The third kappa shape index (κ3) is 2.30. The van der Waals surface area contributed by atoms with E-state index in [1.54, 1.807) is 6.20 Å². The molecule has 3 N–H and O–H groups in total. The Labute approximate surface area is 105 Å². The summed E-state index contributed by atoms with van der Waals surface area (Å²) in [5.41, 5.74) is 2.82. The van der Waals surface area contributed by atoms with Crippen LogP contribution in [-0.4, -0.2) is 22.8 Å². The van der Waals surface area contributed by atoms with E-state index in [0.717, 1.165) is 28.7 Å². The van der Waals surface area contributed by atoms with Gasteiger partial charge in [-0.1, -0.05) is 0 Å². The highest BCUT2D eigenvalue weighted by atomic mass is 16.2. The Bertz CT molecular complexity index is 586. The Morgan fingerprint density at radius 2 is 2.33 bits per heavy atom. The van der Waals surface area contributed by atoms with Crippen molar-refractivity contribution >= 4 is 22.6 Å². The summed E-state index contributed by atoms with van der Waals surface area (Å²) in [6.07, 6.45) is 4.26. The molecule has 3 rings (SSSR count). The van der Waals surface area contributed by atoms with Crippen molar-refractivity contribution < 1.29 is 4.79 Å².